The first-order valence-electron chi connectivity index (χ1n) is 10.4. The van der Waals surface area contributed by atoms with Crippen molar-refractivity contribution >= 4 is 34.1 Å². The lowest BCUT2D eigenvalue weighted by molar-refractivity contribution is 0.854. The molecular weight excluding hydrogens is 414 g/mol. The zero-order valence-corrected chi connectivity index (χ0v) is 19.0. The molecule has 158 valence electrons. The van der Waals surface area contributed by atoms with Crippen molar-refractivity contribution < 1.29 is 0 Å². The minimum atomic E-state index is 0.792. The quantitative estimate of drug-likeness (QED) is 0.338. The van der Waals surface area contributed by atoms with Crippen LogP contribution in [-0.2, 0) is 0 Å². The summed E-state index contributed by atoms with van der Waals surface area (Å²) in [6.07, 6.45) is 5.43. The molecule has 0 saturated heterocycles. The number of benzene rings is 2. The number of aromatic nitrogens is 3. The highest BCUT2D eigenvalue weighted by Crippen LogP contribution is 2.24. The Balaban J connectivity index is 1.68. The summed E-state index contributed by atoms with van der Waals surface area (Å²) in [5, 5.41) is 8.18. The molecule has 0 radical (unpaired) electrons. The maximum absolute atomic E-state index is 4.91. The van der Waals surface area contributed by atoms with Crippen molar-refractivity contribution in [2.75, 3.05) is 0 Å². The van der Waals surface area contributed by atoms with Crippen LogP contribution in [0.2, 0.25) is 0 Å². The smallest absolute Gasteiger partial charge is 0.211 e. The molecule has 0 aliphatic rings. The molecule has 0 unspecified atom stereocenters. The third-order valence-electron chi connectivity index (χ3n) is 5.60. The lowest BCUT2D eigenvalue weighted by atomic mass is 10.1. The lowest BCUT2D eigenvalue weighted by Gasteiger charge is -2.06. The second-order valence-corrected chi connectivity index (χ2v) is 8.63. The van der Waals surface area contributed by atoms with Crippen LogP contribution in [0.25, 0.3) is 22.2 Å². The first-order valence-corrected chi connectivity index (χ1v) is 11.3. The minimum absolute atomic E-state index is 0.792. The van der Waals surface area contributed by atoms with Crippen molar-refractivity contribution in [2.24, 2.45) is 10.1 Å². The van der Waals surface area contributed by atoms with E-state index in [1.165, 1.54) is 11.1 Å². The maximum Gasteiger partial charge on any atom is 0.211 e. The Morgan fingerprint density at radius 2 is 1.88 bits per heavy atom. The van der Waals surface area contributed by atoms with Gasteiger partial charge in [-0.15, -0.1) is 11.3 Å². The number of hydrogen-bond acceptors (Lipinski definition) is 4. The zero-order valence-electron chi connectivity index (χ0n) is 18.2. The number of fused-ring (bicyclic) bond motifs is 1. The molecule has 0 atom stereocenters. The largest absolute Gasteiger partial charge is 0.358 e. The van der Waals surface area contributed by atoms with Gasteiger partial charge in [0.15, 0.2) is 0 Å². The average Bonchev–Trinajstić information content (AvgIpc) is 3.34. The summed E-state index contributed by atoms with van der Waals surface area (Å²) in [7, 11) is 0. The van der Waals surface area contributed by atoms with Gasteiger partial charge in [0.2, 0.25) is 4.80 Å². The number of hydrogen-bond donors (Lipinski definition) is 1. The van der Waals surface area contributed by atoms with E-state index in [2.05, 4.69) is 66.5 Å². The highest BCUT2D eigenvalue weighted by Gasteiger charge is 2.10. The van der Waals surface area contributed by atoms with Gasteiger partial charge in [0, 0.05) is 39.3 Å². The van der Waals surface area contributed by atoms with E-state index in [4.69, 9.17) is 10.1 Å². The van der Waals surface area contributed by atoms with Gasteiger partial charge in [-0.2, -0.15) is 5.10 Å². The maximum atomic E-state index is 4.91. The van der Waals surface area contributed by atoms with Crippen LogP contribution in [0.1, 0.15) is 22.4 Å². The van der Waals surface area contributed by atoms with Crippen LogP contribution in [0.3, 0.4) is 0 Å². The standard InChI is InChI=1S/C26H23N5S/c1-17-10-11-20(13-18(17)2)25-16-32-26(30-21-7-6-12-27-14-21)31(25)28-15-23-19(3)29-24-9-5-4-8-22(23)24/h4-16,29H,1-3H3. The Labute approximate surface area is 190 Å². The molecule has 0 aliphatic carbocycles. The molecule has 3 aromatic heterocycles. The first-order chi connectivity index (χ1) is 15.6. The van der Waals surface area contributed by atoms with Gasteiger partial charge in [-0.05, 0) is 56.2 Å². The molecule has 2 aromatic carbocycles. The van der Waals surface area contributed by atoms with Gasteiger partial charge in [-0.1, -0.05) is 30.3 Å². The van der Waals surface area contributed by atoms with E-state index in [0.29, 0.717) is 0 Å². The number of aryl methyl sites for hydroxylation is 3. The summed E-state index contributed by atoms with van der Waals surface area (Å²) in [5.74, 6) is 0. The highest BCUT2D eigenvalue weighted by molar-refractivity contribution is 7.07. The average molecular weight is 438 g/mol. The Kier molecular flexibility index (Phi) is 5.29. The number of nitrogens with one attached hydrogen (secondary N) is 1. The zero-order chi connectivity index (χ0) is 22.1. The molecule has 5 aromatic rings. The van der Waals surface area contributed by atoms with Crippen LogP contribution in [0.4, 0.5) is 5.69 Å². The van der Waals surface area contributed by atoms with E-state index in [-0.39, 0.29) is 0 Å². The molecule has 0 spiro atoms. The summed E-state index contributed by atoms with van der Waals surface area (Å²) in [6.45, 7) is 6.34. The van der Waals surface area contributed by atoms with Crippen molar-refractivity contribution in [2.45, 2.75) is 20.8 Å². The Bertz CT molecular complexity index is 1500. The number of H-pyrrole nitrogens is 1. The molecule has 3 heterocycles. The fraction of sp³-hybridized carbons (Fsp3) is 0.115. The molecule has 0 aliphatic heterocycles. The van der Waals surface area contributed by atoms with Gasteiger partial charge in [-0.25, -0.2) is 9.67 Å². The molecule has 0 amide bonds. The van der Waals surface area contributed by atoms with E-state index in [1.807, 2.05) is 35.2 Å². The molecule has 5 rings (SSSR count). The van der Waals surface area contributed by atoms with Crippen LogP contribution in [0.15, 0.2) is 82.5 Å². The van der Waals surface area contributed by atoms with Gasteiger partial charge >= 0.3 is 0 Å². The SMILES string of the molecule is Cc1ccc(-c2csc(=Nc3cccnc3)n2N=Cc2c(C)[nH]c3ccccc23)cc1C. The number of aromatic amines is 1. The number of pyridine rings is 1. The van der Waals surface area contributed by atoms with Crippen LogP contribution in [0.5, 0.6) is 0 Å². The van der Waals surface area contributed by atoms with E-state index < -0.39 is 0 Å². The fourth-order valence-corrected chi connectivity index (χ4v) is 4.55. The molecular formula is C26H23N5S. The Morgan fingerprint density at radius 1 is 1.00 bits per heavy atom. The summed E-state index contributed by atoms with van der Waals surface area (Å²) in [6, 6.07) is 18.6. The van der Waals surface area contributed by atoms with Gasteiger partial charge in [0.25, 0.3) is 0 Å². The highest BCUT2D eigenvalue weighted by atomic mass is 32.1. The van der Waals surface area contributed by atoms with Crippen LogP contribution >= 0.6 is 11.3 Å². The third kappa shape index (κ3) is 3.81. The normalized spacial score (nSPS) is 12.3. The van der Waals surface area contributed by atoms with Crippen LogP contribution in [-0.4, -0.2) is 20.9 Å². The number of nitrogens with zero attached hydrogens (tertiary/aromatic N) is 4. The molecule has 1 N–H and O–H groups in total. The fourth-order valence-electron chi connectivity index (χ4n) is 3.70. The van der Waals surface area contributed by atoms with Crippen molar-refractivity contribution in [1.82, 2.24) is 14.6 Å². The van der Waals surface area contributed by atoms with Crippen LogP contribution < -0.4 is 4.80 Å². The molecule has 5 nitrogen and oxygen atoms in total. The number of para-hydroxylation sites is 1. The van der Waals surface area contributed by atoms with E-state index in [1.54, 1.807) is 23.7 Å². The Hall–Kier alpha value is -3.77. The van der Waals surface area contributed by atoms with E-state index in [0.717, 1.165) is 43.9 Å². The van der Waals surface area contributed by atoms with Crippen molar-refractivity contribution in [3.05, 3.63) is 99.6 Å². The molecule has 0 bridgehead atoms. The molecule has 0 saturated carbocycles. The topological polar surface area (TPSA) is 58.3 Å². The van der Waals surface area contributed by atoms with Crippen molar-refractivity contribution in [3.63, 3.8) is 0 Å². The monoisotopic (exact) mass is 437 g/mol. The second kappa shape index (κ2) is 8.40. The number of thiazole rings is 1. The molecule has 32 heavy (non-hydrogen) atoms. The lowest BCUT2D eigenvalue weighted by Crippen LogP contribution is -2.11. The third-order valence-corrected chi connectivity index (χ3v) is 6.42. The first kappa shape index (κ1) is 20.2. The van der Waals surface area contributed by atoms with Gasteiger partial charge in [0.1, 0.15) is 0 Å². The van der Waals surface area contributed by atoms with Gasteiger partial charge in [0.05, 0.1) is 23.8 Å². The predicted molar refractivity (Wildman–Crippen MR) is 133 cm³/mol. The summed E-state index contributed by atoms with van der Waals surface area (Å²) in [5.41, 5.74) is 8.72. The van der Waals surface area contributed by atoms with Crippen molar-refractivity contribution in [1.29, 1.82) is 0 Å². The van der Waals surface area contributed by atoms with Gasteiger partial charge < -0.3 is 4.98 Å². The van der Waals surface area contributed by atoms with Crippen LogP contribution in [0, 0.1) is 20.8 Å². The second-order valence-electron chi connectivity index (χ2n) is 7.79. The van der Waals surface area contributed by atoms with Gasteiger partial charge in [-0.3, -0.25) is 4.98 Å². The summed E-state index contributed by atoms with van der Waals surface area (Å²) >= 11 is 1.57. The number of rotatable bonds is 4. The van der Waals surface area contributed by atoms with E-state index in [9.17, 15) is 0 Å². The summed E-state index contributed by atoms with van der Waals surface area (Å²) in [4.78, 5) is 13.2. The summed E-state index contributed by atoms with van der Waals surface area (Å²) < 4.78 is 1.92. The molecule has 0 fully saturated rings. The van der Waals surface area contributed by atoms with Crippen molar-refractivity contribution in [3.8, 4) is 11.3 Å². The predicted octanol–water partition coefficient (Wildman–Crippen LogP) is 6.13. The van der Waals surface area contributed by atoms with E-state index >= 15 is 0 Å². The molecule has 6 heteroatoms. The Morgan fingerprint density at radius 3 is 2.69 bits per heavy atom. The minimum Gasteiger partial charge on any atom is -0.358 e.